The molecule has 3 rings (SSSR count). The zero-order chi connectivity index (χ0) is 18.0. The molecule has 0 bridgehead atoms. The van der Waals surface area contributed by atoms with Gasteiger partial charge >= 0.3 is 0 Å². The molecule has 2 aromatic carbocycles. The second-order valence-corrected chi connectivity index (χ2v) is 8.44. The lowest BCUT2D eigenvalue weighted by Gasteiger charge is -2.25. The van der Waals surface area contributed by atoms with E-state index in [0.717, 1.165) is 23.0 Å². The van der Waals surface area contributed by atoms with Gasteiger partial charge in [0.15, 0.2) is 9.84 Å². The molecule has 0 saturated carbocycles. The van der Waals surface area contributed by atoms with Crippen LogP contribution in [-0.4, -0.2) is 31.6 Å². The van der Waals surface area contributed by atoms with Crippen LogP contribution in [0.5, 0.6) is 0 Å². The lowest BCUT2D eigenvalue weighted by Crippen LogP contribution is -2.22. The second-order valence-electron chi connectivity index (χ2n) is 6.42. The summed E-state index contributed by atoms with van der Waals surface area (Å²) >= 11 is 0. The maximum Gasteiger partial charge on any atom is 0.175 e. The summed E-state index contributed by atoms with van der Waals surface area (Å²) in [4.78, 5) is 7.10. The van der Waals surface area contributed by atoms with Crippen LogP contribution in [-0.2, 0) is 16.4 Å². The van der Waals surface area contributed by atoms with Crippen molar-refractivity contribution in [1.82, 2.24) is 9.88 Å². The predicted molar refractivity (Wildman–Crippen MR) is 101 cm³/mol. The lowest BCUT2D eigenvalue weighted by atomic mass is 10.1. The fourth-order valence-corrected chi connectivity index (χ4v) is 3.58. The van der Waals surface area contributed by atoms with Gasteiger partial charge in [0, 0.05) is 30.4 Å². The molecule has 1 unspecified atom stereocenters. The monoisotopic (exact) mass is 354 g/mol. The molecule has 0 amide bonds. The zero-order valence-electron chi connectivity index (χ0n) is 14.7. The summed E-state index contributed by atoms with van der Waals surface area (Å²) in [5, 5.41) is 1.14. The molecule has 130 valence electrons. The minimum Gasteiger partial charge on any atom is -0.295 e. The molecule has 1 aromatic heterocycles. The number of nitrogens with zero attached hydrogens (tertiary/aromatic N) is 2. The van der Waals surface area contributed by atoms with Gasteiger partial charge in [-0.2, -0.15) is 0 Å². The van der Waals surface area contributed by atoms with Crippen molar-refractivity contribution in [2.75, 3.05) is 13.3 Å². The Kier molecular flexibility index (Phi) is 4.88. The van der Waals surface area contributed by atoms with Crippen LogP contribution in [0, 0.1) is 0 Å². The van der Waals surface area contributed by atoms with E-state index in [4.69, 9.17) is 0 Å². The Morgan fingerprint density at radius 1 is 1.04 bits per heavy atom. The Morgan fingerprint density at radius 3 is 2.40 bits per heavy atom. The Bertz CT molecular complexity index is 977. The van der Waals surface area contributed by atoms with Crippen LogP contribution < -0.4 is 0 Å². The standard InChI is InChI=1S/C20H22N2O2S/c1-15(16-9-11-19(12-10-16)25(3,23)24)22(2)14-18-7-4-6-17-8-5-13-21-20(17)18/h4-13,15H,14H2,1-3H3. The Labute approximate surface area is 149 Å². The highest BCUT2D eigenvalue weighted by molar-refractivity contribution is 7.90. The van der Waals surface area contributed by atoms with Crippen LogP contribution in [0.2, 0.25) is 0 Å². The zero-order valence-corrected chi connectivity index (χ0v) is 15.5. The van der Waals surface area contributed by atoms with E-state index in [2.05, 4.69) is 48.1 Å². The van der Waals surface area contributed by atoms with E-state index in [9.17, 15) is 8.42 Å². The van der Waals surface area contributed by atoms with Crippen LogP contribution >= 0.6 is 0 Å². The summed E-state index contributed by atoms with van der Waals surface area (Å²) in [5.41, 5.74) is 3.29. The largest absolute Gasteiger partial charge is 0.295 e. The molecule has 0 saturated heterocycles. The van der Waals surface area contributed by atoms with Crippen molar-refractivity contribution >= 4 is 20.7 Å². The summed E-state index contributed by atoms with van der Waals surface area (Å²) < 4.78 is 23.2. The average Bonchev–Trinajstić information content (AvgIpc) is 2.61. The lowest BCUT2D eigenvalue weighted by molar-refractivity contribution is 0.254. The molecule has 3 aromatic rings. The van der Waals surface area contributed by atoms with Gasteiger partial charge < -0.3 is 0 Å². The van der Waals surface area contributed by atoms with Gasteiger partial charge in [-0.25, -0.2) is 8.42 Å². The molecule has 0 aliphatic rings. The molecule has 1 atom stereocenters. The highest BCUT2D eigenvalue weighted by Crippen LogP contribution is 2.24. The first-order valence-corrected chi connectivity index (χ1v) is 10.1. The van der Waals surface area contributed by atoms with E-state index in [1.54, 1.807) is 12.1 Å². The molecule has 0 spiro atoms. The number of para-hydroxylation sites is 1. The smallest absolute Gasteiger partial charge is 0.175 e. The van der Waals surface area contributed by atoms with Crippen LogP contribution in [0.25, 0.3) is 10.9 Å². The van der Waals surface area contributed by atoms with Crippen molar-refractivity contribution in [3.63, 3.8) is 0 Å². The highest BCUT2D eigenvalue weighted by atomic mass is 32.2. The Hall–Kier alpha value is -2.24. The Balaban J connectivity index is 1.81. The third-order valence-electron chi connectivity index (χ3n) is 4.59. The van der Waals surface area contributed by atoms with Crippen molar-refractivity contribution in [3.05, 3.63) is 71.9 Å². The van der Waals surface area contributed by atoms with Gasteiger partial charge in [0.1, 0.15) is 0 Å². The average molecular weight is 354 g/mol. The minimum atomic E-state index is -3.16. The van der Waals surface area contributed by atoms with Gasteiger partial charge in [-0.3, -0.25) is 9.88 Å². The number of sulfone groups is 1. The molecule has 0 aliphatic heterocycles. The van der Waals surface area contributed by atoms with Gasteiger partial charge in [-0.1, -0.05) is 36.4 Å². The third kappa shape index (κ3) is 3.89. The summed E-state index contributed by atoms with van der Waals surface area (Å²) in [5.74, 6) is 0. The SMILES string of the molecule is CC(c1ccc(S(C)(=O)=O)cc1)N(C)Cc1cccc2cccnc12. The van der Waals surface area contributed by atoms with Crippen molar-refractivity contribution in [2.24, 2.45) is 0 Å². The fraction of sp³-hybridized carbons (Fsp3) is 0.250. The number of hydrogen-bond acceptors (Lipinski definition) is 4. The van der Waals surface area contributed by atoms with Crippen molar-refractivity contribution in [2.45, 2.75) is 24.4 Å². The highest BCUT2D eigenvalue weighted by Gasteiger charge is 2.15. The number of rotatable bonds is 5. The number of pyridine rings is 1. The summed E-state index contributed by atoms with van der Waals surface area (Å²) in [7, 11) is -1.09. The normalized spacial score (nSPS) is 13.3. The summed E-state index contributed by atoms with van der Waals surface area (Å²) in [6.45, 7) is 2.89. The molecule has 4 nitrogen and oxygen atoms in total. The predicted octanol–water partition coefficient (Wildman–Crippen LogP) is 3.83. The third-order valence-corrected chi connectivity index (χ3v) is 5.72. The first-order valence-electron chi connectivity index (χ1n) is 8.19. The van der Waals surface area contributed by atoms with Gasteiger partial charge in [-0.05, 0) is 43.3 Å². The number of hydrogen-bond donors (Lipinski definition) is 0. The second kappa shape index (κ2) is 6.94. The first-order chi connectivity index (χ1) is 11.9. The van der Waals surface area contributed by atoms with E-state index < -0.39 is 9.84 Å². The maximum absolute atomic E-state index is 11.6. The molecular formula is C20H22N2O2S. The van der Waals surface area contributed by atoms with E-state index in [-0.39, 0.29) is 6.04 Å². The molecule has 0 radical (unpaired) electrons. The number of aromatic nitrogens is 1. The van der Waals surface area contributed by atoms with Crippen molar-refractivity contribution in [3.8, 4) is 0 Å². The fourth-order valence-electron chi connectivity index (χ4n) is 2.95. The van der Waals surface area contributed by atoms with E-state index >= 15 is 0 Å². The van der Waals surface area contributed by atoms with Gasteiger partial charge in [-0.15, -0.1) is 0 Å². The van der Waals surface area contributed by atoms with Gasteiger partial charge in [0.25, 0.3) is 0 Å². The quantitative estimate of drug-likeness (QED) is 0.699. The van der Waals surface area contributed by atoms with E-state index in [1.807, 2.05) is 24.4 Å². The molecule has 0 N–H and O–H groups in total. The molecule has 5 heteroatoms. The summed E-state index contributed by atoms with van der Waals surface area (Å²) in [6.07, 6.45) is 3.05. The molecule has 1 heterocycles. The number of fused-ring (bicyclic) bond motifs is 1. The molecule has 0 aliphatic carbocycles. The first kappa shape index (κ1) is 17.6. The van der Waals surface area contributed by atoms with E-state index in [1.165, 1.54) is 11.8 Å². The molecule has 0 fully saturated rings. The van der Waals surface area contributed by atoms with Gasteiger partial charge in [0.05, 0.1) is 10.4 Å². The van der Waals surface area contributed by atoms with Crippen molar-refractivity contribution < 1.29 is 8.42 Å². The molecular weight excluding hydrogens is 332 g/mol. The molecule has 25 heavy (non-hydrogen) atoms. The van der Waals surface area contributed by atoms with Crippen LogP contribution in [0.15, 0.2) is 65.7 Å². The topological polar surface area (TPSA) is 50.3 Å². The maximum atomic E-state index is 11.6. The van der Waals surface area contributed by atoms with Crippen LogP contribution in [0.3, 0.4) is 0 Å². The van der Waals surface area contributed by atoms with E-state index in [0.29, 0.717) is 4.90 Å². The van der Waals surface area contributed by atoms with Gasteiger partial charge in [0.2, 0.25) is 0 Å². The van der Waals surface area contributed by atoms with Crippen LogP contribution in [0.1, 0.15) is 24.1 Å². The minimum absolute atomic E-state index is 0.160. The number of benzene rings is 2. The Morgan fingerprint density at radius 2 is 1.72 bits per heavy atom. The van der Waals surface area contributed by atoms with Crippen LogP contribution in [0.4, 0.5) is 0 Å². The van der Waals surface area contributed by atoms with Crippen molar-refractivity contribution in [1.29, 1.82) is 0 Å². The summed E-state index contributed by atoms with van der Waals surface area (Å²) in [6, 6.07) is 17.5.